The summed E-state index contributed by atoms with van der Waals surface area (Å²) in [5, 5.41) is 7.95. The predicted molar refractivity (Wildman–Crippen MR) is 142 cm³/mol. The van der Waals surface area contributed by atoms with Crippen molar-refractivity contribution in [2.24, 2.45) is 0 Å². The molecule has 6 nitrogen and oxygen atoms in total. The summed E-state index contributed by atoms with van der Waals surface area (Å²) in [4.78, 5) is 15.7. The maximum Gasteiger partial charge on any atom is 0.322 e. The third-order valence-corrected chi connectivity index (χ3v) is 6.80. The molecule has 0 radical (unpaired) electrons. The number of benzene rings is 3. The van der Waals surface area contributed by atoms with E-state index in [4.69, 9.17) is 5.10 Å². The summed E-state index contributed by atoms with van der Waals surface area (Å²) in [6.07, 6.45) is 1.99. The highest BCUT2D eigenvalue weighted by Gasteiger charge is 2.36. The van der Waals surface area contributed by atoms with Crippen LogP contribution in [-0.4, -0.2) is 25.3 Å². The van der Waals surface area contributed by atoms with Crippen molar-refractivity contribution in [3.63, 3.8) is 0 Å². The number of hydrogen-bond acceptors (Lipinski definition) is 2. The van der Waals surface area contributed by atoms with Crippen molar-refractivity contribution in [2.45, 2.75) is 26.4 Å². The van der Waals surface area contributed by atoms with Crippen LogP contribution in [0.25, 0.3) is 11.5 Å². The van der Waals surface area contributed by atoms with E-state index < -0.39 is 6.04 Å². The number of rotatable bonds is 3. The highest BCUT2D eigenvalue weighted by atomic mass is 19.1. The van der Waals surface area contributed by atoms with Crippen LogP contribution < -0.4 is 5.32 Å². The highest BCUT2D eigenvalue weighted by Crippen LogP contribution is 2.38. The van der Waals surface area contributed by atoms with Gasteiger partial charge in [-0.3, -0.25) is 0 Å². The van der Waals surface area contributed by atoms with Gasteiger partial charge in [-0.2, -0.15) is 5.10 Å². The lowest BCUT2D eigenvalue weighted by Gasteiger charge is -2.31. The van der Waals surface area contributed by atoms with Gasteiger partial charge in [0.25, 0.3) is 0 Å². The number of aromatic nitrogens is 3. The summed E-state index contributed by atoms with van der Waals surface area (Å²) in [6.45, 7) is 4.29. The minimum Gasteiger partial charge on any atom is -0.308 e. The Hall–Kier alpha value is -4.65. The van der Waals surface area contributed by atoms with Gasteiger partial charge in [-0.05, 0) is 73.5 Å². The quantitative estimate of drug-likeness (QED) is 0.311. The van der Waals surface area contributed by atoms with Gasteiger partial charge >= 0.3 is 6.03 Å². The molecule has 6 rings (SSSR count). The Bertz CT molecular complexity index is 1590. The smallest absolute Gasteiger partial charge is 0.308 e. The molecule has 0 fully saturated rings. The molecule has 37 heavy (non-hydrogen) atoms. The van der Waals surface area contributed by atoms with Gasteiger partial charge in [-0.15, -0.1) is 0 Å². The minimum atomic E-state index is -0.448. The number of amides is 2. The maximum atomic E-state index is 13.9. The Morgan fingerprint density at radius 2 is 1.73 bits per heavy atom. The number of fused-ring (bicyclic) bond motifs is 3. The largest absolute Gasteiger partial charge is 0.322 e. The van der Waals surface area contributed by atoms with Gasteiger partial charge in [0.05, 0.1) is 29.7 Å². The van der Waals surface area contributed by atoms with Crippen LogP contribution in [0, 0.1) is 19.7 Å². The van der Waals surface area contributed by atoms with Gasteiger partial charge in [0.15, 0.2) is 0 Å². The van der Waals surface area contributed by atoms with Crippen LogP contribution in [0.5, 0.6) is 0 Å². The first kappa shape index (κ1) is 22.8. The van der Waals surface area contributed by atoms with Crippen LogP contribution in [0.3, 0.4) is 0 Å². The van der Waals surface area contributed by atoms with Gasteiger partial charge in [0, 0.05) is 17.4 Å². The second-order valence-corrected chi connectivity index (χ2v) is 9.32. The van der Waals surface area contributed by atoms with Crippen molar-refractivity contribution in [3.8, 4) is 11.5 Å². The average Bonchev–Trinajstić information content (AvgIpc) is 3.46. The molecule has 7 heteroatoms. The van der Waals surface area contributed by atoms with Crippen LogP contribution >= 0.6 is 0 Å². The second-order valence-electron chi connectivity index (χ2n) is 9.32. The van der Waals surface area contributed by atoms with E-state index in [2.05, 4.69) is 9.88 Å². The number of carbonyl (C=O) groups excluding carboxylic acids is 1. The standard InChI is InChI=1S/C30H26FN5O/c1-20-8-6-9-24(18-20)32-30(37)35-19-26-21(2)33-36(25-10-4-3-5-11-25)29(26)34-17-7-12-27(34)28(35)22-13-15-23(31)16-14-22/h3-18,28H,19H2,1-2H3,(H,32,37). The Morgan fingerprint density at radius 1 is 0.946 bits per heavy atom. The first-order valence-corrected chi connectivity index (χ1v) is 12.2. The van der Waals surface area contributed by atoms with Crippen molar-refractivity contribution in [3.05, 3.63) is 131 Å². The van der Waals surface area contributed by atoms with Crippen LogP contribution in [-0.2, 0) is 6.54 Å². The molecule has 1 N–H and O–H groups in total. The summed E-state index contributed by atoms with van der Waals surface area (Å²) in [5.41, 5.74) is 6.21. The third-order valence-electron chi connectivity index (χ3n) is 6.80. The fourth-order valence-electron chi connectivity index (χ4n) is 5.06. The second kappa shape index (κ2) is 9.09. The van der Waals surface area contributed by atoms with Crippen LogP contribution in [0.1, 0.15) is 34.1 Å². The lowest BCUT2D eigenvalue weighted by atomic mass is 10.0. The Kier molecular flexibility index (Phi) is 5.60. The summed E-state index contributed by atoms with van der Waals surface area (Å²) < 4.78 is 17.9. The van der Waals surface area contributed by atoms with E-state index in [0.717, 1.165) is 45.3 Å². The molecule has 0 spiro atoms. The summed E-state index contributed by atoms with van der Waals surface area (Å²) in [7, 11) is 0. The SMILES string of the molecule is Cc1cccc(NC(=O)N2Cc3c(C)nn(-c4ccccc4)c3-n3cccc3C2c2ccc(F)cc2)c1. The summed E-state index contributed by atoms with van der Waals surface area (Å²) in [5.74, 6) is 0.573. The zero-order valence-electron chi connectivity index (χ0n) is 20.6. The molecule has 0 aliphatic carbocycles. The molecule has 2 aromatic heterocycles. The number of nitrogens with one attached hydrogen (secondary N) is 1. The number of halogens is 1. The molecule has 3 heterocycles. The van der Waals surface area contributed by atoms with E-state index in [0.29, 0.717) is 6.54 Å². The topological polar surface area (TPSA) is 55.1 Å². The molecular weight excluding hydrogens is 465 g/mol. The number of carbonyl (C=O) groups is 1. The number of nitrogens with zero attached hydrogens (tertiary/aromatic N) is 4. The van der Waals surface area contributed by atoms with Gasteiger partial charge < -0.3 is 14.8 Å². The van der Waals surface area contributed by atoms with Crippen LogP contribution in [0.15, 0.2) is 97.2 Å². The first-order chi connectivity index (χ1) is 18.0. The molecule has 0 saturated heterocycles. The lowest BCUT2D eigenvalue weighted by Crippen LogP contribution is -2.38. The Labute approximate surface area is 214 Å². The third kappa shape index (κ3) is 4.08. The summed E-state index contributed by atoms with van der Waals surface area (Å²) >= 11 is 0. The van der Waals surface area contributed by atoms with Crippen molar-refractivity contribution in [2.75, 3.05) is 5.32 Å². The number of urea groups is 1. The van der Waals surface area contributed by atoms with Gasteiger partial charge in [0.1, 0.15) is 11.6 Å². The molecule has 0 bridgehead atoms. The van der Waals surface area contributed by atoms with Gasteiger partial charge in [-0.25, -0.2) is 13.9 Å². The lowest BCUT2D eigenvalue weighted by molar-refractivity contribution is 0.194. The number of hydrogen-bond donors (Lipinski definition) is 1. The fraction of sp³-hybridized carbons (Fsp3) is 0.133. The zero-order chi connectivity index (χ0) is 25.5. The van der Waals surface area contributed by atoms with E-state index in [1.165, 1.54) is 12.1 Å². The minimum absolute atomic E-state index is 0.243. The normalized spacial score (nSPS) is 14.6. The highest BCUT2D eigenvalue weighted by molar-refractivity contribution is 5.90. The monoisotopic (exact) mass is 491 g/mol. The molecule has 0 saturated carbocycles. The molecule has 3 aromatic carbocycles. The van der Waals surface area contributed by atoms with E-state index in [9.17, 15) is 9.18 Å². The molecule has 1 unspecified atom stereocenters. The van der Waals surface area contributed by atoms with E-state index in [-0.39, 0.29) is 11.8 Å². The molecule has 1 atom stereocenters. The molecule has 5 aromatic rings. The van der Waals surface area contributed by atoms with E-state index in [1.54, 1.807) is 17.0 Å². The average molecular weight is 492 g/mol. The van der Waals surface area contributed by atoms with Crippen molar-refractivity contribution >= 4 is 11.7 Å². The number of para-hydroxylation sites is 1. The van der Waals surface area contributed by atoms with E-state index in [1.807, 2.05) is 91.5 Å². The van der Waals surface area contributed by atoms with Crippen LogP contribution in [0.4, 0.5) is 14.9 Å². The molecule has 1 aliphatic rings. The van der Waals surface area contributed by atoms with Crippen molar-refractivity contribution < 1.29 is 9.18 Å². The number of aryl methyl sites for hydroxylation is 2. The molecular formula is C30H26FN5O. The Morgan fingerprint density at radius 3 is 2.49 bits per heavy atom. The maximum absolute atomic E-state index is 13.9. The van der Waals surface area contributed by atoms with Crippen LogP contribution in [0.2, 0.25) is 0 Å². The van der Waals surface area contributed by atoms with Crippen molar-refractivity contribution in [1.29, 1.82) is 0 Å². The number of anilines is 1. The fourth-order valence-corrected chi connectivity index (χ4v) is 5.06. The van der Waals surface area contributed by atoms with Gasteiger partial charge in [0.2, 0.25) is 0 Å². The Balaban J connectivity index is 1.53. The first-order valence-electron chi connectivity index (χ1n) is 12.2. The zero-order valence-corrected chi connectivity index (χ0v) is 20.6. The molecule has 2 amide bonds. The molecule has 1 aliphatic heterocycles. The molecule has 184 valence electrons. The van der Waals surface area contributed by atoms with Gasteiger partial charge in [-0.1, -0.05) is 42.5 Å². The van der Waals surface area contributed by atoms with E-state index >= 15 is 0 Å². The predicted octanol–water partition coefficient (Wildman–Crippen LogP) is 6.56. The van der Waals surface area contributed by atoms with Crippen molar-refractivity contribution in [1.82, 2.24) is 19.2 Å². The summed E-state index contributed by atoms with van der Waals surface area (Å²) in [6, 6.07) is 27.3.